The first-order valence-corrected chi connectivity index (χ1v) is 10.1. The van der Waals surface area contributed by atoms with E-state index in [4.69, 9.17) is 4.42 Å². The lowest BCUT2D eigenvalue weighted by Gasteiger charge is -2.13. The van der Waals surface area contributed by atoms with Crippen molar-refractivity contribution in [1.82, 2.24) is 15.3 Å². The fourth-order valence-corrected chi connectivity index (χ4v) is 3.47. The molecule has 1 unspecified atom stereocenters. The molecule has 0 bridgehead atoms. The van der Waals surface area contributed by atoms with Crippen LogP contribution in [0.3, 0.4) is 0 Å². The largest absolute Gasteiger partial charge is 0.443 e. The SMILES string of the molecule is Cc1oc2nc(SC(C)C(=O)NCC(F)(F)F)nc(NC(=O)c3ccccc3)c2c1C. The molecule has 7 nitrogen and oxygen atoms in total. The molecule has 11 heteroatoms. The molecule has 2 amide bonds. The van der Waals surface area contributed by atoms with Gasteiger partial charge in [-0.2, -0.15) is 18.2 Å². The van der Waals surface area contributed by atoms with E-state index < -0.39 is 29.8 Å². The van der Waals surface area contributed by atoms with Gasteiger partial charge < -0.3 is 15.1 Å². The Morgan fingerprint density at radius 3 is 2.48 bits per heavy atom. The number of aryl methyl sites for hydroxylation is 2. The number of carbonyl (C=O) groups is 2. The fraction of sp³-hybridized carbons (Fsp3) is 0.300. The molecular weight excluding hydrogens is 433 g/mol. The highest BCUT2D eigenvalue weighted by Gasteiger charge is 2.29. The summed E-state index contributed by atoms with van der Waals surface area (Å²) < 4.78 is 42.6. The molecule has 0 aliphatic carbocycles. The van der Waals surface area contributed by atoms with Crippen LogP contribution in [-0.4, -0.2) is 39.8 Å². The van der Waals surface area contributed by atoms with E-state index in [1.807, 2.05) is 5.32 Å². The fourth-order valence-electron chi connectivity index (χ4n) is 2.69. The van der Waals surface area contributed by atoms with Crippen molar-refractivity contribution >= 4 is 40.5 Å². The molecule has 3 rings (SSSR count). The number of hydrogen-bond donors (Lipinski definition) is 2. The van der Waals surface area contributed by atoms with E-state index in [-0.39, 0.29) is 16.7 Å². The van der Waals surface area contributed by atoms with E-state index in [9.17, 15) is 22.8 Å². The van der Waals surface area contributed by atoms with Crippen LogP contribution in [0.15, 0.2) is 39.9 Å². The third-order valence-corrected chi connectivity index (χ3v) is 5.35. The van der Waals surface area contributed by atoms with E-state index in [0.29, 0.717) is 16.7 Å². The number of nitrogens with zero attached hydrogens (tertiary/aromatic N) is 2. The van der Waals surface area contributed by atoms with E-state index in [0.717, 1.165) is 17.3 Å². The van der Waals surface area contributed by atoms with Crippen LogP contribution in [0.1, 0.15) is 28.6 Å². The standard InChI is InChI=1S/C20H19F3N4O3S/c1-10-11(2)30-18-14(10)15(25-17(29)13-7-5-4-6-8-13)26-19(27-18)31-12(3)16(28)24-9-20(21,22)23/h4-8,12H,9H2,1-3H3,(H,24,28)(H,25,26,27,29). The van der Waals surface area contributed by atoms with Crippen LogP contribution >= 0.6 is 11.8 Å². The number of thioether (sulfide) groups is 1. The van der Waals surface area contributed by atoms with Crippen molar-refractivity contribution in [3.63, 3.8) is 0 Å². The second-order valence-corrected chi connectivity index (χ2v) is 8.04. The molecule has 0 saturated heterocycles. The second-order valence-electron chi connectivity index (χ2n) is 6.73. The molecule has 0 radical (unpaired) electrons. The molecule has 2 N–H and O–H groups in total. The molecule has 164 valence electrons. The lowest BCUT2D eigenvalue weighted by atomic mass is 10.2. The maximum atomic E-state index is 12.6. The molecule has 3 aromatic rings. The van der Waals surface area contributed by atoms with Gasteiger partial charge in [0.25, 0.3) is 5.91 Å². The molecule has 0 spiro atoms. The first-order chi connectivity index (χ1) is 14.5. The first kappa shape index (κ1) is 22.6. The summed E-state index contributed by atoms with van der Waals surface area (Å²) >= 11 is 0.856. The first-order valence-electron chi connectivity index (χ1n) is 9.20. The van der Waals surface area contributed by atoms with Gasteiger partial charge in [0, 0.05) is 11.1 Å². The smallest absolute Gasteiger partial charge is 0.405 e. The maximum absolute atomic E-state index is 12.6. The van der Waals surface area contributed by atoms with Crippen molar-refractivity contribution in [2.75, 3.05) is 11.9 Å². The number of alkyl halides is 3. The van der Waals surface area contributed by atoms with Gasteiger partial charge in [0.2, 0.25) is 11.6 Å². The summed E-state index contributed by atoms with van der Waals surface area (Å²) in [6.45, 7) is 3.54. The topological polar surface area (TPSA) is 97.1 Å². The van der Waals surface area contributed by atoms with Crippen LogP contribution in [0.25, 0.3) is 11.1 Å². The van der Waals surface area contributed by atoms with Crippen LogP contribution in [0, 0.1) is 13.8 Å². The second kappa shape index (κ2) is 8.96. The Morgan fingerprint density at radius 1 is 1.16 bits per heavy atom. The monoisotopic (exact) mass is 452 g/mol. The van der Waals surface area contributed by atoms with Crippen molar-refractivity contribution in [3.05, 3.63) is 47.2 Å². The molecule has 0 fully saturated rings. The number of hydrogen-bond acceptors (Lipinski definition) is 6. The number of carbonyl (C=O) groups excluding carboxylic acids is 2. The van der Waals surface area contributed by atoms with Crippen LogP contribution in [0.5, 0.6) is 0 Å². The highest BCUT2D eigenvalue weighted by molar-refractivity contribution is 8.00. The van der Waals surface area contributed by atoms with E-state index in [2.05, 4.69) is 15.3 Å². The van der Waals surface area contributed by atoms with Gasteiger partial charge in [-0.05, 0) is 32.9 Å². The molecule has 1 aromatic carbocycles. The normalized spacial score (nSPS) is 12.6. The summed E-state index contributed by atoms with van der Waals surface area (Å²) in [6.07, 6.45) is -4.51. The average Bonchev–Trinajstić information content (AvgIpc) is 2.99. The van der Waals surface area contributed by atoms with Gasteiger partial charge >= 0.3 is 6.18 Å². The van der Waals surface area contributed by atoms with Crippen molar-refractivity contribution < 1.29 is 27.2 Å². The third-order valence-electron chi connectivity index (χ3n) is 4.39. The number of aromatic nitrogens is 2. The zero-order chi connectivity index (χ0) is 22.8. The Bertz CT molecular complexity index is 1120. The quantitative estimate of drug-likeness (QED) is 0.429. The Morgan fingerprint density at radius 2 is 1.84 bits per heavy atom. The summed E-state index contributed by atoms with van der Waals surface area (Å²) in [5.74, 6) is -0.435. The number of benzene rings is 1. The van der Waals surface area contributed by atoms with E-state index in [1.165, 1.54) is 6.92 Å². The Balaban J connectivity index is 1.88. The number of rotatable bonds is 6. The van der Waals surface area contributed by atoms with Gasteiger partial charge in [0.05, 0.1) is 10.6 Å². The molecule has 0 aliphatic rings. The van der Waals surface area contributed by atoms with E-state index >= 15 is 0 Å². The minimum atomic E-state index is -4.51. The zero-order valence-corrected chi connectivity index (χ0v) is 17.6. The Labute approximate surface area is 179 Å². The summed E-state index contributed by atoms with van der Waals surface area (Å²) in [5, 5.41) is 4.25. The van der Waals surface area contributed by atoms with Crippen LogP contribution in [0.2, 0.25) is 0 Å². The van der Waals surface area contributed by atoms with Gasteiger partial charge in [-0.1, -0.05) is 30.0 Å². The average molecular weight is 452 g/mol. The summed E-state index contributed by atoms with van der Waals surface area (Å²) in [4.78, 5) is 33.2. The predicted molar refractivity (Wildman–Crippen MR) is 110 cm³/mol. The Kier molecular flexibility index (Phi) is 6.54. The highest BCUT2D eigenvalue weighted by Crippen LogP contribution is 2.32. The van der Waals surface area contributed by atoms with Gasteiger partial charge in [0.1, 0.15) is 18.1 Å². The van der Waals surface area contributed by atoms with Gasteiger partial charge in [0.15, 0.2) is 5.16 Å². The molecule has 31 heavy (non-hydrogen) atoms. The van der Waals surface area contributed by atoms with Crippen molar-refractivity contribution in [2.45, 2.75) is 37.4 Å². The van der Waals surface area contributed by atoms with Gasteiger partial charge in [-0.25, -0.2) is 4.98 Å². The predicted octanol–water partition coefficient (Wildman–Crippen LogP) is 4.25. The molecular formula is C20H19F3N4O3S. The number of nitrogens with one attached hydrogen (secondary N) is 2. The molecule has 1 atom stereocenters. The lowest BCUT2D eigenvalue weighted by Crippen LogP contribution is -2.38. The number of anilines is 1. The summed E-state index contributed by atoms with van der Waals surface area (Å²) in [6, 6.07) is 8.51. The third kappa shape index (κ3) is 5.54. The number of furan rings is 1. The Hall–Kier alpha value is -3.08. The lowest BCUT2D eigenvalue weighted by molar-refractivity contribution is -0.137. The van der Waals surface area contributed by atoms with Crippen LogP contribution in [-0.2, 0) is 4.79 Å². The highest BCUT2D eigenvalue weighted by atomic mass is 32.2. The molecule has 2 aromatic heterocycles. The van der Waals surface area contributed by atoms with Gasteiger partial charge in [-0.15, -0.1) is 0 Å². The molecule has 2 heterocycles. The minimum absolute atomic E-state index is 0.0827. The van der Waals surface area contributed by atoms with E-state index in [1.54, 1.807) is 44.2 Å². The molecule has 0 saturated carbocycles. The maximum Gasteiger partial charge on any atom is 0.405 e. The van der Waals surface area contributed by atoms with Crippen molar-refractivity contribution in [3.8, 4) is 0 Å². The summed E-state index contributed by atoms with van der Waals surface area (Å²) in [7, 11) is 0. The zero-order valence-electron chi connectivity index (χ0n) is 16.8. The number of amides is 2. The van der Waals surface area contributed by atoms with Crippen molar-refractivity contribution in [1.29, 1.82) is 0 Å². The minimum Gasteiger partial charge on any atom is -0.443 e. The van der Waals surface area contributed by atoms with Crippen molar-refractivity contribution in [2.24, 2.45) is 0 Å². The number of fused-ring (bicyclic) bond motifs is 1. The number of halogens is 3. The van der Waals surface area contributed by atoms with Gasteiger partial charge in [-0.3, -0.25) is 9.59 Å². The summed E-state index contributed by atoms with van der Waals surface area (Å²) in [5.41, 5.74) is 1.37. The molecule has 0 aliphatic heterocycles. The van der Waals surface area contributed by atoms with Crippen LogP contribution < -0.4 is 10.6 Å². The van der Waals surface area contributed by atoms with Crippen LogP contribution in [0.4, 0.5) is 19.0 Å².